The highest BCUT2D eigenvalue weighted by atomic mass is 127. The van der Waals surface area contributed by atoms with E-state index >= 15 is 0 Å². The lowest BCUT2D eigenvalue weighted by Gasteiger charge is -2.17. The first-order valence-electron chi connectivity index (χ1n) is 10.2. The molecule has 31 heavy (non-hydrogen) atoms. The topological polar surface area (TPSA) is 106 Å². The van der Waals surface area contributed by atoms with Crippen LogP contribution in [0.25, 0.3) is 0 Å². The number of ether oxygens (including phenoxy) is 2. The molecule has 0 fully saturated rings. The maximum atomic E-state index is 10.6. The van der Waals surface area contributed by atoms with Gasteiger partial charge in [0.1, 0.15) is 18.1 Å². The molecule has 0 aliphatic carbocycles. The number of hydrogen-bond acceptors (Lipinski definition) is 6. The van der Waals surface area contributed by atoms with E-state index in [1.54, 1.807) is 7.11 Å². The van der Waals surface area contributed by atoms with Crippen molar-refractivity contribution < 1.29 is 14.6 Å². The molecule has 1 aromatic heterocycles. The van der Waals surface area contributed by atoms with E-state index in [1.807, 2.05) is 56.7 Å². The van der Waals surface area contributed by atoms with Crippen molar-refractivity contribution in [2.45, 2.75) is 45.9 Å². The number of halogens is 1. The van der Waals surface area contributed by atoms with Gasteiger partial charge < -0.3 is 29.8 Å². The highest BCUT2D eigenvalue weighted by Gasteiger charge is 2.10. The maximum absolute atomic E-state index is 10.6. The van der Waals surface area contributed by atoms with E-state index in [2.05, 4.69) is 25.8 Å². The Hall–Kier alpha value is -1.92. The molecule has 0 saturated carbocycles. The van der Waals surface area contributed by atoms with Gasteiger partial charge in [-0.25, -0.2) is 4.99 Å². The Labute approximate surface area is 201 Å². The van der Waals surface area contributed by atoms with Crippen LogP contribution in [0, 0.1) is 6.92 Å². The summed E-state index contributed by atoms with van der Waals surface area (Å²) in [6.45, 7) is 7.93. The maximum Gasteiger partial charge on any atom is 0.191 e. The SMILES string of the molecule is COCCCNC(=NCc1nnc(C)n1C)NCC(O)c1ccc(OC(C)C)cc1.I. The van der Waals surface area contributed by atoms with E-state index in [9.17, 15) is 5.11 Å². The predicted molar refractivity (Wildman–Crippen MR) is 132 cm³/mol. The van der Waals surface area contributed by atoms with E-state index in [0.717, 1.165) is 29.4 Å². The van der Waals surface area contributed by atoms with Crippen LogP contribution < -0.4 is 15.4 Å². The van der Waals surface area contributed by atoms with Crippen molar-refractivity contribution >= 4 is 29.9 Å². The fraction of sp³-hybridized carbons (Fsp3) is 0.571. The summed E-state index contributed by atoms with van der Waals surface area (Å²) >= 11 is 0. The van der Waals surface area contributed by atoms with Gasteiger partial charge in [0.25, 0.3) is 0 Å². The Morgan fingerprint density at radius 2 is 1.90 bits per heavy atom. The van der Waals surface area contributed by atoms with Gasteiger partial charge in [-0.1, -0.05) is 12.1 Å². The second-order valence-corrected chi connectivity index (χ2v) is 7.29. The van der Waals surface area contributed by atoms with Gasteiger partial charge in [0.05, 0.1) is 12.2 Å². The van der Waals surface area contributed by atoms with Gasteiger partial charge in [0.15, 0.2) is 11.8 Å². The first-order chi connectivity index (χ1) is 14.4. The number of aromatic nitrogens is 3. The molecule has 0 amide bonds. The Balaban J connectivity index is 0.00000480. The molecule has 2 rings (SSSR count). The quantitative estimate of drug-likeness (QED) is 0.172. The second kappa shape index (κ2) is 14.2. The molecule has 9 nitrogen and oxygen atoms in total. The largest absolute Gasteiger partial charge is 0.491 e. The smallest absolute Gasteiger partial charge is 0.191 e. The number of guanidine groups is 1. The van der Waals surface area contributed by atoms with Crippen molar-refractivity contribution in [2.24, 2.45) is 12.0 Å². The van der Waals surface area contributed by atoms with Gasteiger partial charge in [0.2, 0.25) is 0 Å². The van der Waals surface area contributed by atoms with Crippen LogP contribution in [-0.2, 0) is 18.3 Å². The van der Waals surface area contributed by atoms with Crippen LogP contribution in [0.1, 0.15) is 43.6 Å². The molecule has 2 aromatic rings. The molecule has 0 spiro atoms. The fourth-order valence-corrected chi connectivity index (χ4v) is 2.69. The molecule has 10 heteroatoms. The molecule has 3 N–H and O–H groups in total. The molecule has 1 unspecified atom stereocenters. The minimum atomic E-state index is -0.679. The lowest BCUT2D eigenvalue weighted by atomic mass is 10.1. The number of aliphatic hydroxyl groups excluding tert-OH is 1. The normalized spacial score (nSPS) is 12.4. The molecular weight excluding hydrogens is 511 g/mol. The number of aliphatic hydroxyl groups is 1. The molecule has 1 atom stereocenters. The van der Waals surface area contributed by atoms with Crippen LogP contribution in [0.2, 0.25) is 0 Å². The van der Waals surface area contributed by atoms with Crippen molar-refractivity contribution in [3.8, 4) is 5.75 Å². The van der Waals surface area contributed by atoms with Crippen LogP contribution in [0.15, 0.2) is 29.3 Å². The molecule has 0 bridgehead atoms. The summed E-state index contributed by atoms with van der Waals surface area (Å²) in [5.41, 5.74) is 0.807. The minimum Gasteiger partial charge on any atom is -0.491 e. The van der Waals surface area contributed by atoms with Crippen molar-refractivity contribution in [3.05, 3.63) is 41.5 Å². The average molecular weight is 546 g/mol. The molecule has 174 valence electrons. The molecule has 1 aromatic carbocycles. The van der Waals surface area contributed by atoms with E-state index in [-0.39, 0.29) is 30.1 Å². The zero-order valence-electron chi connectivity index (χ0n) is 19.0. The molecular formula is C21H35IN6O3. The summed E-state index contributed by atoms with van der Waals surface area (Å²) in [5.74, 6) is 3.00. The minimum absolute atomic E-state index is 0. The predicted octanol–water partition coefficient (Wildman–Crippen LogP) is 2.33. The van der Waals surface area contributed by atoms with E-state index in [1.165, 1.54) is 0 Å². The van der Waals surface area contributed by atoms with E-state index < -0.39 is 6.10 Å². The van der Waals surface area contributed by atoms with Crippen LogP contribution in [0.5, 0.6) is 5.75 Å². The molecule has 0 aliphatic heterocycles. The van der Waals surface area contributed by atoms with Crippen LogP contribution >= 0.6 is 24.0 Å². The Morgan fingerprint density at radius 3 is 2.48 bits per heavy atom. The summed E-state index contributed by atoms with van der Waals surface area (Å²) in [6.07, 6.45) is 0.282. The fourth-order valence-electron chi connectivity index (χ4n) is 2.69. The molecule has 1 heterocycles. The highest BCUT2D eigenvalue weighted by Crippen LogP contribution is 2.18. The van der Waals surface area contributed by atoms with Crippen molar-refractivity contribution in [1.82, 2.24) is 25.4 Å². The van der Waals surface area contributed by atoms with E-state index in [0.29, 0.717) is 32.2 Å². The van der Waals surface area contributed by atoms with Crippen LogP contribution in [0.4, 0.5) is 0 Å². The van der Waals surface area contributed by atoms with Crippen molar-refractivity contribution in [3.63, 3.8) is 0 Å². The third kappa shape index (κ3) is 9.40. The van der Waals surface area contributed by atoms with Gasteiger partial charge in [-0.2, -0.15) is 0 Å². The zero-order valence-corrected chi connectivity index (χ0v) is 21.3. The highest BCUT2D eigenvalue weighted by molar-refractivity contribution is 14.0. The Kier molecular flexibility index (Phi) is 12.4. The monoisotopic (exact) mass is 546 g/mol. The lowest BCUT2D eigenvalue weighted by Crippen LogP contribution is -2.40. The van der Waals surface area contributed by atoms with Gasteiger partial charge in [-0.3, -0.25) is 0 Å². The van der Waals surface area contributed by atoms with Crippen molar-refractivity contribution in [2.75, 3.05) is 26.8 Å². The summed E-state index contributed by atoms with van der Waals surface area (Å²) in [6, 6.07) is 7.48. The number of hydrogen-bond donors (Lipinski definition) is 3. The first kappa shape index (κ1) is 27.1. The number of methoxy groups -OCH3 is 1. The van der Waals surface area contributed by atoms with Gasteiger partial charge >= 0.3 is 0 Å². The number of aliphatic imine (C=N–C) groups is 1. The number of nitrogens with zero attached hydrogens (tertiary/aromatic N) is 4. The Morgan fingerprint density at radius 1 is 1.19 bits per heavy atom. The van der Waals surface area contributed by atoms with Gasteiger partial charge in [-0.05, 0) is 44.9 Å². The summed E-state index contributed by atoms with van der Waals surface area (Å²) in [4.78, 5) is 4.58. The third-order valence-electron chi connectivity index (χ3n) is 4.48. The standard InChI is InChI=1S/C21H34N6O3.HI/c1-15(2)30-18-9-7-17(8-10-18)19(28)13-23-21(22-11-6-12-29-5)24-14-20-26-25-16(3)27(20)4;/h7-10,15,19,28H,6,11-14H2,1-5H3,(H2,22,23,24);1H. The van der Waals surface area contributed by atoms with Gasteiger partial charge in [-0.15, -0.1) is 34.2 Å². The number of aryl methyl sites for hydroxylation is 1. The second-order valence-electron chi connectivity index (χ2n) is 7.29. The Bertz CT molecular complexity index is 795. The van der Waals surface area contributed by atoms with Crippen LogP contribution in [-0.4, -0.2) is 58.7 Å². The average Bonchev–Trinajstić information content (AvgIpc) is 3.04. The van der Waals surface area contributed by atoms with E-state index in [4.69, 9.17) is 9.47 Å². The third-order valence-corrected chi connectivity index (χ3v) is 4.48. The summed E-state index contributed by atoms with van der Waals surface area (Å²) < 4.78 is 12.6. The molecule has 0 radical (unpaired) electrons. The lowest BCUT2D eigenvalue weighted by molar-refractivity contribution is 0.180. The van der Waals surface area contributed by atoms with Crippen LogP contribution in [0.3, 0.4) is 0 Å². The molecule has 0 saturated heterocycles. The number of rotatable bonds is 11. The number of nitrogens with one attached hydrogen (secondary N) is 2. The number of benzene rings is 1. The summed E-state index contributed by atoms with van der Waals surface area (Å²) in [5, 5.41) is 25.2. The summed E-state index contributed by atoms with van der Waals surface area (Å²) in [7, 11) is 3.59. The molecule has 0 aliphatic rings. The van der Waals surface area contributed by atoms with Crippen molar-refractivity contribution in [1.29, 1.82) is 0 Å². The van der Waals surface area contributed by atoms with Gasteiger partial charge in [0, 0.05) is 33.9 Å². The zero-order chi connectivity index (χ0) is 21.9. The first-order valence-corrected chi connectivity index (χ1v) is 10.2.